The summed E-state index contributed by atoms with van der Waals surface area (Å²) in [6.07, 6.45) is 0. The second-order valence-electron chi connectivity index (χ2n) is 20.0. The van der Waals surface area contributed by atoms with Gasteiger partial charge < -0.3 is 10.0 Å². The van der Waals surface area contributed by atoms with Gasteiger partial charge in [-0.15, -0.1) is 0 Å². The van der Waals surface area contributed by atoms with Crippen LogP contribution in [0.25, 0.3) is 66.1 Å². The Kier molecular flexibility index (Phi) is 8.89. The van der Waals surface area contributed by atoms with E-state index in [0.717, 1.165) is 72.3 Å². The van der Waals surface area contributed by atoms with Crippen molar-refractivity contribution in [2.45, 2.75) is 17.8 Å². The summed E-state index contributed by atoms with van der Waals surface area (Å²) < 4.78 is 0. The van der Waals surface area contributed by atoms with E-state index in [1.54, 1.807) is 0 Å². The molecule has 0 saturated carbocycles. The third-order valence-corrected chi connectivity index (χ3v) is 16.6. The minimum absolute atomic E-state index is 0.297. The van der Waals surface area contributed by atoms with Crippen LogP contribution in [0.4, 0.5) is 17.1 Å². The monoisotopic (exact) mass is 929 g/mol. The fourth-order valence-electron chi connectivity index (χ4n) is 13.7. The zero-order valence-electron chi connectivity index (χ0n) is 40.2. The molecule has 0 fully saturated rings. The Hall–Kier alpha value is -9.24. The molecule has 2 nitrogen and oxygen atoms in total. The largest absolute Gasteiger partial charge is 0.507 e. The number of anilines is 3. The average Bonchev–Trinajstić information content (AvgIpc) is 4.05. The lowest BCUT2D eigenvalue weighted by molar-refractivity contribution is 0.467. The number of aromatic hydroxyl groups is 1. The fraction of sp³-hybridized carbons (Fsp3) is 0.0423. The highest BCUT2D eigenvalue weighted by molar-refractivity contribution is 6.03. The van der Waals surface area contributed by atoms with E-state index >= 15 is 0 Å². The van der Waals surface area contributed by atoms with Crippen LogP contribution < -0.4 is 4.90 Å². The van der Waals surface area contributed by atoms with Crippen LogP contribution in [-0.4, -0.2) is 5.11 Å². The summed E-state index contributed by atoms with van der Waals surface area (Å²) in [6, 6.07) is 95.8. The Labute approximate surface area is 425 Å². The first kappa shape index (κ1) is 41.5. The van der Waals surface area contributed by atoms with Gasteiger partial charge in [0.05, 0.1) is 16.5 Å². The molecule has 0 aromatic heterocycles. The van der Waals surface area contributed by atoms with Crippen LogP contribution in [0.3, 0.4) is 0 Å². The smallest absolute Gasteiger partial charge is 0.128 e. The lowest BCUT2D eigenvalue weighted by Crippen LogP contribution is -2.30. The first-order valence-electron chi connectivity index (χ1n) is 25.4. The Morgan fingerprint density at radius 3 is 1.48 bits per heavy atom. The Morgan fingerprint density at radius 2 is 0.795 bits per heavy atom. The molecular weight excluding hydrogens is 883 g/mol. The number of benzene rings is 12. The van der Waals surface area contributed by atoms with Gasteiger partial charge in [-0.1, -0.05) is 231 Å². The summed E-state index contributed by atoms with van der Waals surface area (Å²) in [5, 5.41) is 17.2. The number of nitrogens with zero attached hydrogens (tertiary/aromatic N) is 1. The molecule has 342 valence electrons. The van der Waals surface area contributed by atoms with Crippen LogP contribution in [-0.2, 0) is 10.8 Å². The average molecular weight is 930 g/mol. The molecule has 1 N–H and O–H groups in total. The molecule has 0 radical (unpaired) electrons. The highest BCUT2D eigenvalue weighted by Crippen LogP contribution is 2.66. The summed E-state index contributed by atoms with van der Waals surface area (Å²) in [5.74, 6) is 0.297. The zero-order valence-corrected chi connectivity index (χ0v) is 40.2. The lowest BCUT2D eigenvalue weighted by atomic mass is 9.65. The van der Waals surface area contributed by atoms with Crippen LogP contribution >= 0.6 is 0 Å². The van der Waals surface area contributed by atoms with Crippen molar-refractivity contribution in [3.63, 3.8) is 0 Å². The number of phenols is 1. The minimum Gasteiger partial charge on any atom is -0.507 e. The van der Waals surface area contributed by atoms with Gasteiger partial charge in [0.15, 0.2) is 0 Å². The van der Waals surface area contributed by atoms with Crippen LogP contribution in [0.1, 0.15) is 50.1 Å². The molecule has 0 bridgehead atoms. The maximum absolute atomic E-state index is 13.0. The first-order valence-corrected chi connectivity index (χ1v) is 25.4. The predicted molar refractivity (Wildman–Crippen MR) is 302 cm³/mol. The predicted octanol–water partition coefficient (Wildman–Crippen LogP) is 17.9. The van der Waals surface area contributed by atoms with Crippen LogP contribution in [0, 0.1) is 6.92 Å². The summed E-state index contributed by atoms with van der Waals surface area (Å²) in [6.45, 7) is 2.27. The number of phenolic OH excluding ortho intramolecular Hbond substituents is 1. The summed E-state index contributed by atoms with van der Waals surface area (Å²) in [7, 11) is 0. The highest BCUT2D eigenvalue weighted by atomic mass is 16.3. The number of aryl methyl sites for hydroxylation is 1. The molecule has 3 aliphatic carbocycles. The van der Waals surface area contributed by atoms with E-state index in [-0.39, 0.29) is 0 Å². The quantitative estimate of drug-likeness (QED) is 0.180. The maximum Gasteiger partial charge on any atom is 0.128 e. The van der Waals surface area contributed by atoms with E-state index in [1.165, 1.54) is 60.8 Å². The van der Waals surface area contributed by atoms with Gasteiger partial charge in [-0.05, 0) is 137 Å². The number of hydrogen-bond donors (Lipinski definition) is 1. The molecule has 1 unspecified atom stereocenters. The van der Waals surface area contributed by atoms with E-state index in [9.17, 15) is 5.11 Å². The molecule has 15 rings (SSSR count). The molecule has 3 aliphatic rings. The number of fused-ring (bicyclic) bond motifs is 15. The second kappa shape index (κ2) is 15.6. The molecule has 12 aromatic carbocycles. The molecule has 73 heavy (non-hydrogen) atoms. The van der Waals surface area contributed by atoms with E-state index in [2.05, 4.69) is 261 Å². The van der Waals surface area contributed by atoms with Crippen LogP contribution in [0.15, 0.2) is 261 Å². The van der Waals surface area contributed by atoms with Crippen molar-refractivity contribution < 1.29 is 5.11 Å². The van der Waals surface area contributed by atoms with Crippen molar-refractivity contribution in [3.05, 3.63) is 311 Å². The number of hydrogen-bond acceptors (Lipinski definition) is 2. The molecule has 12 aromatic rings. The van der Waals surface area contributed by atoms with Crippen molar-refractivity contribution in [3.8, 4) is 50.3 Å². The summed E-state index contributed by atoms with van der Waals surface area (Å²) >= 11 is 0. The summed E-state index contributed by atoms with van der Waals surface area (Å²) in [5.41, 5.74) is 22.1. The van der Waals surface area contributed by atoms with Gasteiger partial charge in [-0.2, -0.15) is 0 Å². The van der Waals surface area contributed by atoms with Crippen molar-refractivity contribution in [1.82, 2.24) is 0 Å². The van der Waals surface area contributed by atoms with Crippen molar-refractivity contribution in [2.75, 3.05) is 4.90 Å². The van der Waals surface area contributed by atoms with Crippen molar-refractivity contribution in [1.29, 1.82) is 0 Å². The summed E-state index contributed by atoms with van der Waals surface area (Å²) in [4.78, 5) is 2.51. The lowest BCUT2D eigenvalue weighted by Gasteiger charge is -2.37. The van der Waals surface area contributed by atoms with Gasteiger partial charge in [-0.25, -0.2) is 0 Å². The molecule has 0 amide bonds. The maximum atomic E-state index is 13.0. The molecule has 1 atom stereocenters. The second-order valence-corrected chi connectivity index (χ2v) is 20.0. The molecule has 1 spiro atoms. The van der Waals surface area contributed by atoms with Gasteiger partial charge in [-0.3, -0.25) is 0 Å². The molecule has 2 heteroatoms. The van der Waals surface area contributed by atoms with Gasteiger partial charge in [0.25, 0.3) is 0 Å². The van der Waals surface area contributed by atoms with E-state index in [0.29, 0.717) is 5.75 Å². The Morgan fingerprint density at radius 1 is 0.315 bits per heavy atom. The highest BCUT2D eigenvalue weighted by Gasteiger charge is 2.53. The SMILES string of the molecule is Cc1c(C2(c3ccc4ccccc4c3O)c3ccccc3-c3ccc(N(c4cccc(-c5ccccc5)c4)c4cccc5c4-c4ccccc4C54c5ccccc5-c5ccccc54)cc32)ccc2ccccc12. The molecular formula is C71H47NO. The Balaban J connectivity index is 1.06. The first-order chi connectivity index (χ1) is 36.1. The fourth-order valence-corrected chi connectivity index (χ4v) is 13.7. The van der Waals surface area contributed by atoms with Crippen LogP contribution in [0.5, 0.6) is 5.75 Å². The molecule has 0 heterocycles. The van der Waals surface area contributed by atoms with Gasteiger partial charge >= 0.3 is 0 Å². The van der Waals surface area contributed by atoms with Crippen molar-refractivity contribution in [2.24, 2.45) is 0 Å². The van der Waals surface area contributed by atoms with Gasteiger partial charge in [0.1, 0.15) is 5.75 Å². The van der Waals surface area contributed by atoms with Crippen LogP contribution in [0.2, 0.25) is 0 Å². The molecule has 0 aliphatic heterocycles. The number of rotatable bonds is 6. The molecule has 0 saturated heterocycles. The minimum atomic E-state index is -0.908. The van der Waals surface area contributed by atoms with E-state index in [4.69, 9.17) is 0 Å². The van der Waals surface area contributed by atoms with E-state index < -0.39 is 10.8 Å². The third-order valence-electron chi connectivity index (χ3n) is 16.6. The van der Waals surface area contributed by atoms with Crippen molar-refractivity contribution >= 4 is 38.6 Å². The normalized spacial score (nSPS) is 15.1. The standard InChI is InChI=1S/C71H47NO/c1-45-52-25-7-5-21-47(52)37-41-59(45)70(65-42-38-48-22-6-8-26-53(48)69(65)73)60-31-13-11-29-56(60)57-40-39-51(44-66(57)70)72(50-24-17-23-49(43-50)46-19-3-2-4-20-46)67-36-18-35-64-68(67)58-30-12-16-34-63(58)71(64)61-32-14-9-27-54(61)55-28-10-15-33-62(55)71/h2-44,73H,1H3. The van der Waals surface area contributed by atoms with Gasteiger partial charge in [0, 0.05) is 27.9 Å². The third kappa shape index (κ3) is 5.58. The topological polar surface area (TPSA) is 23.5 Å². The zero-order chi connectivity index (χ0) is 48.4. The van der Waals surface area contributed by atoms with E-state index in [1.807, 2.05) is 12.1 Å². The Bertz CT molecular complexity index is 4130. The van der Waals surface area contributed by atoms with Gasteiger partial charge in [0.2, 0.25) is 0 Å².